The minimum Gasteiger partial charge on any atom is -0.363 e. The number of carbonyl (C=O) groups excluding carboxylic acids is 1. The summed E-state index contributed by atoms with van der Waals surface area (Å²) in [5.41, 5.74) is 1.64. The van der Waals surface area contributed by atoms with Gasteiger partial charge in [-0.2, -0.15) is 0 Å². The summed E-state index contributed by atoms with van der Waals surface area (Å²) >= 11 is 0. The van der Waals surface area contributed by atoms with E-state index in [0.29, 0.717) is 18.6 Å². The van der Waals surface area contributed by atoms with Crippen molar-refractivity contribution in [3.63, 3.8) is 0 Å². The molecule has 0 bridgehead atoms. The minimum atomic E-state index is -0.338. The summed E-state index contributed by atoms with van der Waals surface area (Å²) in [5, 5.41) is 2.91. The van der Waals surface area contributed by atoms with Crippen LogP contribution in [-0.2, 0) is 16.1 Å². The smallest absolute Gasteiger partial charge is 0.249 e. The number of hydrogen-bond donors (Lipinski definition) is 1. The Morgan fingerprint density at radius 1 is 1.45 bits per heavy atom. The molecule has 22 heavy (non-hydrogen) atoms. The lowest BCUT2D eigenvalue weighted by molar-refractivity contribution is -0.132. The van der Waals surface area contributed by atoms with Gasteiger partial charge in [0.1, 0.15) is 6.10 Å². The second-order valence-electron chi connectivity index (χ2n) is 6.45. The number of aryl methyl sites for hydroxylation is 1. The van der Waals surface area contributed by atoms with E-state index in [4.69, 9.17) is 4.74 Å². The van der Waals surface area contributed by atoms with Gasteiger partial charge in [0.05, 0.1) is 30.2 Å². The zero-order valence-corrected chi connectivity index (χ0v) is 13.5. The van der Waals surface area contributed by atoms with Crippen molar-refractivity contribution in [2.75, 3.05) is 6.54 Å². The number of likely N-dealkylation sites (tertiary alicyclic amines) is 1. The van der Waals surface area contributed by atoms with Crippen molar-refractivity contribution >= 4 is 5.91 Å². The van der Waals surface area contributed by atoms with Crippen LogP contribution < -0.4 is 5.32 Å². The fourth-order valence-corrected chi connectivity index (χ4v) is 3.39. The van der Waals surface area contributed by atoms with E-state index in [1.54, 1.807) is 12.4 Å². The van der Waals surface area contributed by atoms with Crippen molar-refractivity contribution in [1.82, 2.24) is 20.2 Å². The zero-order valence-electron chi connectivity index (χ0n) is 13.5. The van der Waals surface area contributed by atoms with Crippen LogP contribution in [0.1, 0.15) is 38.1 Å². The van der Waals surface area contributed by atoms with Gasteiger partial charge in [-0.05, 0) is 27.2 Å². The number of fused-ring (bicyclic) bond motifs is 1. The molecule has 2 aliphatic rings. The molecule has 0 unspecified atom stereocenters. The largest absolute Gasteiger partial charge is 0.363 e. The second-order valence-corrected chi connectivity index (χ2v) is 6.45. The van der Waals surface area contributed by atoms with E-state index in [2.05, 4.69) is 34.0 Å². The molecule has 0 aliphatic carbocycles. The molecular formula is C16H24N4O2. The number of hydrogen-bond acceptors (Lipinski definition) is 5. The molecule has 120 valence electrons. The SMILES string of the molecule is Cc1cnc(CNC(=O)[C@@H]2C[C@H]3[C@H](CCN3C(C)C)O2)cn1. The van der Waals surface area contributed by atoms with Crippen molar-refractivity contribution < 1.29 is 9.53 Å². The van der Waals surface area contributed by atoms with Crippen LogP contribution in [0.25, 0.3) is 0 Å². The zero-order chi connectivity index (χ0) is 15.7. The van der Waals surface area contributed by atoms with E-state index < -0.39 is 0 Å². The molecule has 2 fully saturated rings. The van der Waals surface area contributed by atoms with E-state index >= 15 is 0 Å². The Labute approximate surface area is 131 Å². The topological polar surface area (TPSA) is 67.4 Å². The molecule has 6 heteroatoms. The van der Waals surface area contributed by atoms with Gasteiger partial charge in [0.15, 0.2) is 0 Å². The predicted molar refractivity (Wildman–Crippen MR) is 82.1 cm³/mol. The fraction of sp³-hybridized carbons (Fsp3) is 0.688. The quantitative estimate of drug-likeness (QED) is 0.900. The van der Waals surface area contributed by atoms with E-state index in [0.717, 1.165) is 30.8 Å². The highest BCUT2D eigenvalue weighted by Gasteiger charge is 2.46. The summed E-state index contributed by atoms with van der Waals surface area (Å²) in [6, 6.07) is 0.887. The fourth-order valence-electron chi connectivity index (χ4n) is 3.39. The Bertz CT molecular complexity index is 531. The Kier molecular flexibility index (Phi) is 4.40. The van der Waals surface area contributed by atoms with Crippen LogP contribution in [0.5, 0.6) is 0 Å². The molecule has 0 aromatic carbocycles. The summed E-state index contributed by atoms with van der Waals surface area (Å²) in [7, 11) is 0. The van der Waals surface area contributed by atoms with Gasteiger partial charge in [0.2, 0.25) is 5.91 Å². The Morgan fingerprint density at radius 3 is 2.95 bits per heavy atom. The maximum absolute atomic E-state index is 12.3. The lowest BCUT2D eigenvalue weighted by Crippen LogP contribution is -2.39. The van der Waals surface area contributed by atoms with E-state index in [9.17, 15) is 4.79 Å². The van der Waals surface area contributed by atoms with Crippen LogP contribution in [-0.4, -0.2) is 51.6 Å². The maximum Gasteiger partial charge on any atom is 0.249 e. The van der Waals surface area contributed by atoms with Crippen molar-refractivity contribution in [1.29, 1.82) is 0 Å². The average Bonchev–Trinajstić information content (AvgIpc) is 3.06. The maximum atomic E-state index is 12.3. The summed E-state index contributed by atoms with van der Waals surface area (Å²) in [6.07, 6.45) is 5.08. The average molecular weight is 304 g/mol. The van der Waals surface area contributed by atoms with Gasteiger partial charge < -0.3 is 10.1 Å². The molecule has 1 N–H and O–H groups in total. The Morgan fingerprint density at radius 2 is 2.27 bits per heavy atom. The molecule has 0 spiro atoms. The van der Waals surface area contributed by atoms with Crippen LogP contribution >= 0.6 is 0 Å². The van der Waals surface area contributed by atoms with Gasteiger partial charge in [0.25, 0.3) is 0 Å². The number of amides is 1. The van der Waals surface area contributed by atoms with Crippen molar-refractivity contribution in [2.45, 2.75) is 64.4 Å². The number of rotatable bonds is 4. The highest BCUT2D eigenvalue weighted by Crippen LogP contribution is 2.34. The first kappa shape index (κ1) is 15.4. The van der Waals surface area contributed by atoms with Crippen molar-refractivity contribution in [3.8, 4) is 0 Å². The monoisotopic (exact) mass is 304 g/mol. The highest BCUT2D eigenvalue weighted by atomic mass is 16.5. The van der Waals surface area contributed by atoms with Gasteiger partial charge in [-0.15, -0.1) is 0 Å². The van der Waals surface area contributed by atoms with Crippen molar-refractivity contribution in [3.05, 3.63) is 23.8 Å². The van der Waals surface area contributed by atoms with E-state index in [1.165, 1.54) is 0 Å². The number of nitrogens with zero attached hydrogens (tertiary/aromatic N) is 3. The first-order valence-corrected chi connectivity index (χ1v) is 8.01. The van der Waals surface area contributed by atoms with E-state index in [-0.39, 0.29) is 18.1 Å². The van der Waals surface area contributed by atoms with Crippen LogP contribution in [0, 0.1) is 6.92 Å². The predicted octanol–water partition coefficient (Wildman–Crippen LogP) is 1.04. The Hall–Kier alpha value is -1.53. The highest BCUT2D eigenvalue weighted by molar-refractivity contribution is 5.81. The van der Waals surface area contributed by atoms with Gasteiger partial charge in [-0.3, -0.25) is 19.7 Å². The second kappa shape index (κ2) is 6.30. The molecule has 3 heterocycles. The third-order valence-electron chi connectivity index (χ3n) is 4.56. The third-order valence-corrected chi connectivity index (χ3v) is 4.56. The number of aromatic nitrogens is 2. The molecule has 1 amide bonds. The standard InChI is InChI=1S/C16H24N4O2/c1-10(2)20-5-4-14-13(20)6-15(22-14)16(21)19-9-12-8-17-11(3)7-18-12/h7-8,10,13-15H,4-6,9H2,1-3H3,(H,19,21)/t13-,14-,15-/m0/s1. The number of ether oxygens (including phenoxy) is 1. The molecule has 2 aliphatic heterocycles. The van der Waals surface area contributed by atoms with Gasteiger partial charge in [-0.25, -0.2) is 0 Å². The first-order valence-electron chi connectivity index (χ1n) is 8.01. The summed E-state index contributed by atoms with van der Waals surface area (Å²) < 4.78 is 5.95. The van der Waals surface area contributed by atoms with Crippen LogP contribution in [0.3, 0.4) is 0 Å². The van der Waals surface area contributed by atoms with Crippen LogP contribution in [0.15, 0.2) is 12.4 Å². The molecule has 6 nitrogen and oxygen atoms in total. The molecular weight excluding hydrogens is 280 g/mol. The number of carbonyl (C=O) groups is 1. The molecule has 0 saturated carbocycles. The molecule has 1 aromatic heterocycles. The summed E-state index contributed by atoms with van der Waals surface area (Å²) in [5.74, 6) is -0.0412. The minimum absolute atomic E-state index is 0.0412. The van der Waals surface area contributed by atoms with Gasteiger partial charge >= 0.3 is 0 Å². The lowest BCUT2D eigenvalue weighted by Gasteiger charge is -2.26. The normalized spacial score (nSPS) is 28.1. The summed E-state index contributed by atoms with van der Waals surface area (Å²) in [4.78, 5) is 23.2. The molecule has 0 radical (unpaired) electrons. The van der Waals surface area contributed by atoms with E-state index in [1.807, 2.05) is 6.92 Å². The molecule has 2 saturated heterocycles. The molecule has 3 atom stereocenters. The molecule has 3 rings (SSSR count). The third kappa shape index (κ3) is 3.13. The first-order chi connectivity index (χ1) is 10.5. The van der Waals surface area contributed by atoms with Crippen LogP contribution in [0.4, 0.5) is 0 Å². The molecule has 1 aromatic rings. The van der Waals surface area contributed by atoms with Gasteiger partial charge in [-0.1, -0.05) is 0 Å². The summed E-state index contributed by atoms with van der Waals surface area (Å²) in [6.45, 7) is 7.76. The van der Waals surface area contributed by atoms with Gasteiger partial charge in [0, 0.05) is 31.2 Å². The van der Waals surface area contributed by atoms with Crippen molar-refractivity contribution in [2.24, 2.45) is 0 Å². The van der Waals surface area contributed by atoms with Crippen LogP contribution in [0.2, 0.25) is 0 Å². The lowest BCUT2D eigenvalue weighted by atomic mass is 10.1. The Balaban J connectivity index is 1.53. The number of nitrogens with one attached hydrogen (secondary N) is 1.